The van der Waals surface area contributed by atoms with Crippen molar-refractivity contribution in [1.82, 2.24) is 39.5 Å². The monoisotopic (exact) mass is 1870 g/mol. The molecule has 556 valence electrons. The number of halogens is 4. The molecule has 4 aromatic heterocycles. The summed E-state index contributed by atoms with van der Waals surface area (Å²) in [6.07, 6.45) is 19.4. The fourth-order valence-electron chi connectivity index (χ4n) is 12.4. The number of hydrogen-bond acceptors (Lipinski definition) is 16. The van der Waals surface area contributed by atoms with Crippen LogP contribution in [0.1, 0.15) is 114 Å². The van der Waals surface area contributed by atoms with Crippen LogP contribution < -0.4 is 21.3 Å². The molecule has 12 aromatic rings. The third-order valence-electron chi connectivity index (χ3n) is 18.0. The van der Waals surface area contributed by atoms with Crippen LogP contribution in [-0.2, 0) is 26.2 Å². The van der Waals surface area contributed by atoms with Gasteiger partial charge in [-0.2, -0.15) is 0 Å². The van der Waals surface area contributed by atoms with E-state index in [0.29, 0.717) is 23.0 Å². The third-order valence-corrected chi connectivity index (χ3v) is 20.7. The highest BCUT2D eigenvalue weighted by atomic mass is 127. The van der Waals surface area contributed by atoms with E-state index in [9.17, 15) is 20.4 Å². The molecule has 0 bridgehead atoms. The zero-order valence-electron chi connectivity index (χ0n) is 62.1. The summed E-state index contributed by atoms with van der Waals surface area (Å²) >= 11 is 9.20. The number of aromatic nitrogens is 4. The van der Waals surface area contributed by atoms with E-state index in [2.05, 4.69) is 280 Å². The molecule has 8 aromatic carbocycles. The second-order valence-corrected chi connectivity index (χ2v) is 32.0. The maximum atomic E-state index is 10.3. The first-order chi connectivity index (χ1) is 51.3. The predicted octanol–water partition coefficient (Wildman–Crippen LogP) is 22.9. The first kappa shape index (κ1) is 82.6. The van der Waals surface area contributed by atoms with E-state index in [1.165, 1.54) is 65.6 Å². The van der Waals surface area contributed by atoms with E-state index in [-0.39, 0.29) is 0 Å². The summed E-state index contributed by atoms with van der Waals surface area (Å²) in [6, 6.07) is 55.7. The first-order valence-electron chi connectivity index (χ1n) is 36.5. The number of rotatable bonds is 30. The smallest absolute Gasteiger partial charge is 0.120 e. The lowest BCUT2D eigenvalue weighted by Crippen LogP contribution is -2.19. The quantitative estimate of drug-likeness (QED) is 0.0120. The molecule has 0 aliphatic carbocycles. The number of pyridine rings is 4. The molecule has 20 heteroatoms. The highest BCUT2D eigenvalue weighted by Crippen LogP contribution is 2.35. The summed E-state index contributed by atoms with van der Waals surface area (Å²) in [5.41, 5.74) is 15.6. The number of anilines is 8. The van der Waals surface area contributed by atoms with E-state index in [0.717, 1.165) is 177 Å². The number of hydrogen-bond donors (Lipinski definition) is 8. The Kier molecular flexibility index (Phi) is 33.0. The maximum Gasteiger partial charge on any atom is 0.120 e. The fourth-order valence-corrected chi connectivity index (χ4v) is 14.3. The Balaban J connectivity index is 0.000000164. The van der Waals surface area contributed by atoms with Crippen LogP contribution in [0.3, 0.4) is 0 Å². The van der Waals surface area contributed by atoms with Crippen molar-refractivity contribution in [3.8, 4) is 23.0 Å². The molecular weight excluding hydrogens is 1770 g/mol. The van der Waals surface area contributed by atoms with E-state index < -0.39 is 0 Å². The minimum absolute atomic E-state index is 0.336. The van der Waals surface area contributed by atoms with Crippen LogP contribution >= 0.6 is 90.4 Å². The fraction of sp³-hybridized carbons (Fsp3) is 0.302. The minimum Gasteiger partial charge on any atom is -0.508 e. The van der Waals surface area contributed by atoms with Gasteiger partial charge < -0.3 is 61.3 Å². The number of unbranched alkanes of at least 4 members (excludes halogenated alkanes) is 6. The molecule has 0 spiro atoms. The Labute approximate surface area is 680 Å². The molecule has 8 N–H and O–H groups in total. The van der Waals surface area contributed by atoms with Crippen molar-refractivity contribution in [3.63, 3.8) is 0 Å². The standard InChI is InChI=1S/C23H28IN3O.C22H26IN3O.C21H24IN3O.C20H22IN3O/c1-3-4-5-6-13-27(2)16-17-14-19(8-10-23(17)28)26-21-11-12-25-22-15-18(24)7-9-20(21)22;1-3-4-5-12-26(2)15-16-13-18(7-9-22(16)27)25-20-10-11-24-21-14-17(23)6-8-19(20)21;1-3-4-11-25(2)14-15-12-17(6-8-21(15)26)24-19-9-10-23-20-13-16(22)5-7-18(19)20;1-3-10-24(2)13-14-11-16(5-7-20(14)25)23-18-8-9-22-19-12-15(21)4-6-17(18)19/h7-12,14-15,28H,3-6,13,16H2,1-2H3,(H,25,26);6-11,13-14,27H,3-5,12,15H2,1-2H3,(H,24,25);5-10,12-13,26H,3-4,11,14H2,1-2H3,(H,23,24);4-9,11-12,25H,3,10,13H2,1-2H3,(H,22,23). The summed E-state index contributed by atoms with van der Waals surface area (Å²) < 4.78 is 4.67. The zero-order chi connectivity index (χ0) is 75.5. The molecule has 12 rings (SSSR count). The molecular formula is C86H100I4N12O4. The molecule has 0 unspecified atom stereocenters. The highest BCUT2D eigenvalue weighted by molar-refractivity contribution is 14.1. The van der Waals surface area contributed by atoms with Crippen LogP contribution in [0.5, 0.6) is 23.0 Å². The van der Waals surface area contributed by atoms with Crippen LogP contribution in [0.15, 0.2) is 195 Å². The molecule has 0 aliphatic rings. The van der Waals surface area contributed by atoms with Gasteiger partial charge in [-0.3, -0.25) is 19.9 Å². The van der Waals surface area contributed by atoms with Gasteiger partial charge in [0.25, 0.3) is 0 Å². The van der Waals surface area contributed by atoms with Crippen LogP contribution in [0.4, 0.5) is 45.5 Å². The van der Waals surface area contributed by atoms with Crippen LogP contribution in [0.25, 0.3) is 43.6 Å². The first-order valence-corrected chi connectivity index (χ1v) is 40.8. The predicted molar refractivity (Wildman–Crippen MR) is 478 cm³/mol. The Hall–Kier alpha value is -7.44. The van der Waals surface area contributed by atoms with Crippen molar-refractivity contribution < 1.29 is 20.4 Å². The molecule has 4 heterocycles. The Bertz CT molecular complexity index is 4820. The van der Waals surface area contributed by atoms with Crippen molar-refractivity contribution >= 4 is 179 Å². The second kappa shape index (κ2) is 42.3. The number of phenols is 4. The normalized spacial score (nSPS) is 11.2. The summed E-state index contributed by atoms with van der Waals surface area (Å²) in [5, 5.41) is 59.2. The van der Waals surface area contributed by atoms with Gasteiger partial charge >= 0.3 is 0 Å². The SMILES string of the molecule is CCCCCCN(C)Cc1cc(Nc2ccnc3cc(I)ccc23)ccc1O.CCCCCN(C)Cc1cc(Nc2ccnc3cc(I)ccc23)ccc1O.CCCCN(C)Cc1cc(Nc2ccnc3cc(I)ccc23)ccc1O.CCCN(C)Cc1cc(Nc2ccnc3cc(I)ccc23)ccc1O. The average Bonchev–Trinajstić information content (AvgIpc) is 0.824. The Morgan fingerprint density at radius 2 is 0.538 bits per heavy atom. The maximum absolute atomic E-state index is 10.3. The summed E-state index contributed by atoms with van der Waals surface area (Å²) in [6.45, 7) is 15.8. The Morgan fingerprint density at radius 1 is 0.283 bits per heavy atom. The molecule has 0 saturated carbocycles. The molecule has 106 heavy (non-hydrogen) atoms. The second-order valence-electron chi connectivity index (χ2n) is 27.0. The van der Waals surface area contributed by atoms with Gasteiger partial charge in [0.2, 0.25) is 0 Å². The molecule has 0 saturated heterocycles. The lowest BCUT2D eigenvalue weighted by Gasteiger charge is -2.18. The molecule has 0 fully saturated rings. The van der Waals surface area contributed by atoms with Crippen molar-refractivity contribution in [3.05, 3.63) is 231 Å². The average molecular weight is 1870 g/mol. The topological polar surface area (TPSA) is 194 Å². The summed E-state index contributed by atoms with van der Waals surface area (Å²) in [5.74, 6) is 1.37. The third kappa shape index (κ3) is 25.3. The van der Waals surface area contributed by atoms with Gasteiger partial charge in [-0.25, -0.2) is 0 Å². The summed E-state index contributed by atoms with van der Waals surface area (Å²) in [4.78, 5) is 26.8. The molecule has 16 nitrogen and oxygen atoms in total. The van der Waals surface area contributed by atoms with Crippen molar-refractivity contribution in [2.24, 2.45) is 0 Å². The number of nitrogens with zero attached hydrogens (tertiary/aromatic N) is 8. The van der Waals surface area contributed by atoms with Gasteiger partial charge in [-0.05, 0) is 340 Å². The van der Waals surface area contributed by atoms with Crippen LogP contribution in [0, 0.1) is 14.3 Å². The van der Waals surface area contributed by atoms with Gasteiger partial charge in [-0.15, -0.1) is 0 Å². The summed E-state index contributed by atoms with van der Waals surface area (Å²) in [7, 11) is 8.38. The lowest BCUT2D eigenvalue weighted by molar-refractivity contribution is 0.311. The van der Waals surface area contributed by atoms with Crippen molar-refractivity contribution in [2.75, 3.05) is 75.6 Å². The largest absolute Gasteiger partial charge is 0.508 e. The highest BCUT2D eigenvalue weighted by Gasteiger charge is 2.15. The van der Waals surface area contributed by atoms with Crippen molar-refractivity contribution in [2.45, 2.75) is 118 Å². The number of benzene rings is 8. The number of nitrogens with one attached hydrogen (secondary N) is 4. The van der Waals surface area contributed by atoms with Gasteiger partial charge in [0.1, 0.15) is 23.0 Å². The van der Waals surface area contributed by atoms with E-state index in [4.69, 9.17) is 0 Å². The lowest BCUT2D eigenvalue weighted by atomic mass is 10.1. The number of fused-ring (bicyclic) bond motifs is 4. The van der Waals surface area contributed by atoms with Crippen LogP contribution in [0.2, 0.25) is 0 Å². The van der Waals surface area contributed by atoms with Gasteiger partial charge in [0, 0.05) is 155 Å². The number of aromatic hydroxyl groups is 4. The molecule has 0 radical (unpaired) electrons. The van der Waals surface area contributed by atoms with Gasteiger partial charge in [0.15, 0.2) is 0 Å². The van der Waals surface area contributed by atoms with Gasteiger partial charge in [-0.1, -0.05) is 66.2 Å². The number of phenolic OH excluding ortho intramolecular Hbond substituents is 4. The minimum atomic E-state index is 0.336. The van der Waals surface area contributed by atoms with Crippen molar-refractivity contribution in [1.29, 1.82) is 0 Å². The van der Waals surface area contributed by atoms with Gasteiger partial charge in [0.05, 0.1) is 22.1 Å². The zero-order valence-corrected chi connectivity index (χ0v) is 70.7. The van der Waals surface area contributed by atoms with Crippen LogP contribution in [-0.4, -0.2) is 114 Å². The molecule has 0 aliphatic heterocycles. The molecule has 0 amide bonds. The van der Waals surface area contributed by atoms with E-state index >= 15 is 0 Å². The van der Waals surface area contributed by atoms with E-state index in [1.807, 2.05) is 97.6 Å². The Morgan fingerprint density at radius 3 is 0.811 bits per heavy atom. The molecule has 0 atom stereocenters. The van der Waals surface area contributed by atoms with E-state index in [1.54, 1.807) is 24.3 Å².